The molecular formula is C39H49N3O11S2. The van der Waals surface area contributed by atoms with Crippen molar-refractivity contribution in [1.29, 1.82) is 0 Å². The predicted octanol–water partition coefficient (Wildman–Crippen LogP) is 4.79. The van der Waals surface area contributed by atoms with Crippen LogP contribution in [0, 0.1) is 0 Å². The number of aliphatic hydroxyl groups is 1. The molecule has 3 aromatic carbocycles. The quantitative estimate of drug-likeness (QED) is 0.216. The molecule has 1 unspecified atom stereocenters. The van der Waals surface area contributed by atoms with Gasteiger partial charge in [0.1, 0.15) is 30.2 Å². The van der Waals surface area contributed by atoms with Crippen LogP contribution in [0.25, 0.3) is 11.1 Å². The molecule has 0 bridgehead atoms. The van der Waals surface area contributed by atoms with Crippen molar-refractivity contribution in [2.24, 2.45) is 0 Å². The van der Waals surface area contributed by atoms with Crippen LogP contribution in [0.15, 0.2) is 82.6 Å². The Hall–Kier alpha value is -4.22. The summed E-state index contributed by atoms with van der Waals surface area (Å²) in [6.45, 7) is 6.02. The molecule has 3 aromatic rings. The van der Waals surface area contributed by atoms with E-state index >= 15 is 0 Å². The Morgan fingerprint density at radius 2 is 1.60 bits per heavy atom. The molecule has 6 rings (SSSR count). The average Bonchev–Trinajstić information content (AvgIpc) is 3.95. The Kier molecular flexibility index (Phi) is 12.1. The largest absolute Gasteiger partial charge is 0.491 e. The van der Waals surface area contributed by atoms with Crippen LogP contribution in [0.3, 0.4) is 0 Å². The highest BCUT2D eigenvalue weighted by Gasteiger charge is 2.46. The van der Waals surface area contributed by atoms with E-state index in [4.69, 9.17) is 18.9 Å². The Bertz CT molecular complexity index is 2060. The molecular weight excluding hydrogens is 751 g/mol. The number of hydrogen-bond donors (Lipinski definition) is 3. The number of sulfone groups is 1. The van der Waals surface area contributed by atoms with Gasteiger partial charge in [-0.25, -0.2) is 26.4 Å². The standard InChI is InChI=1S/C39H49N3O11S2/c1-38(2,3)53-37(45)40-23-27-10-12-28(13-11-27)29-6-4-9-35(20-29)55(48,49)42-18-16-39(17-19-42)22-32(26-51-39)52-36(44)41-24-30(43)25-50-31-7-5-8-34(21-31)54(46,47)33-14-15-33/h4-13,20-21,30,32-33,43H,14-19,22-26H2,1-3H3,(H,40,45)(H,41,44)/t30?,32-/m1/s1. The van der Waals surface area contributed by atoms with Crippen molar-refractivity contribution in [1.82, 2.24) is 14.9 Å². The first-order valence-corrected chi connectivity index (χ1v) is 21.4. The molecule has 2 amide bonds. The summed E-state index contributed by atoms with van der Waals surface area (Å²) >= 11 is 0. The molecule has 2 atom stereocenters. The lowest BCUT2D eigenvalue weighted by molar-refractivity contribution is -0.0325. The van der Waals surface area contributed by atoms with E-state index in [1.54, 1.807) is 51.1 Å². The molecule has 3 fully saturated rings. The Labute approximate surface area is 322 Å². The van der Waals surface area contributed by atoms with Gasteiger partial charge in [0.2, 0.25) is 10.0 Å². The van der Waals surface area contributed by atoms with Crippen molar-refractivity contribution in [2.75, 3.05) is 32.8 Å². The number of nitrogens with zero attached hydrogens (tertiary/aromatic N) is 1. The second-order valence-corrected chi connectivity index (χ2v) is 19.4. The van der Waals surface area contributed by atoms with E-state index in [1.807, 2.05) is 30.3 Å². The van der Waals surface area contributed by atoms with Crippen LogP contribution >= 0.6 is 0 Å². The van der Waals surface area contributed by atoms with Gasteiger partial charge in [-0.3, -0.25) is 0 Å². The summed E-state index contributed by atoms with van der Waals surface area (Å²) in [6.07, 6.45) is -0.251. The van der Waals surface area contributed by atoms with Crippen molar-refractivity contribution < 1.29 is 50.5 Å². The molecule has 0 aromatic heterocycles. The van der Waals surface area contributed by atoms with Gasteiger partial charge in [-0.15, -0.1) is 0 Å². The first-order valence-electron chi connectivity index (χ1n) is 18.4. The van der Waals surface area contributed by atoms with Crippen LogP contribution in [0.5, 0.6) is 5.75 Å². The van der Waals surface area contributed by atoms with Gasteiger partial charge in [0, 0.05) is 26.1 Å². The summed E-state index contributed by atoms with van der Waals surface area (Å²) in [5, 5.41) is 15.3. The highest BCUT2D eigenvalue weighted by molar-refractivity contribution is 7.92. The van der Waals surface area contributed by atoms with Crippen molar-refractivity contribution in [2.45, 2.75) is 97.9 Å². The summed E-state index contributed by atoms with van der Waals surface area (Å²) in [4.78, 5) is 24.9. The minimum absolute atomic E-state index is 0.149. The van der Waals surface area contributed by atoms with Crippen molar-refractivity contribution >= 4 is 32.0 Å². The topological polar surface area (TPSA) is 187 Å². The number of aliphatic hydroxyl groups excluding tert-OH is 1. The van der Waals surface area contributed by atoms with E-state index in [1.165, 1.54) is 16.4 Å². The minimum Gasteiger partial charge on any atom is -0.491 e. The maximum Gasteiger partial charge on any atom is 0.407 e. The van der Waals surface area contributed by atoms with E-state index in [0.717, 1.165) is 16.7 Å². The Morgan fingerprint density at radius 3 is 2.29 bits per heavy atom. The van der Waals surface area contributed by atoms with E-state index in [-0.39, 0.29) is 47.9 Å². The third-order valence-electron chi connectivity index (χ3n) is 9.70. The smallest absolute Gasteiger partial charge is 0.407 e. The summed E-state index contributed by atoms with van der Waals surface area (Å²) < 4.78 is 76.4. The number of amides is 2. The average molecular weight is 800 g/mol. The zero-order valence-electron chi connectivity index (χ0n) is 31.2. The molecule has 3 N–H and O–H groups in total. The summed E-state index contributed by atoms with van der Waals surface area (Å²) in [5.74, 6) is 0.304. The monoisotopic (exact) mass is 799 g/mol. The van der Waals surface area contributed by atoms with Gasteiger partial charge >= 0.3 is 12.2 Å². The maximum absolute atomic E-state index is 13.7. The van der Waals surface area contributed by atoms with E-state index in [9.17, 15) is 31.5 Å². The molecule has 0 radical (unpaired) electrons. The zero-order valence-corrected chi connectivity index (χ0v) is 32.9. The Morgan fingerprint density at radius 1 is 0.909 bits per heavy atom. The van der Waals surface area contributed by atoms with Gasteiger partial charge in [0.05, 0.1) is 33.8 Å². The predicted molar refractivity (Wildman–Crippen MR) is 203 cm³/mol. The lowest BCUT2D eigenvalue weighted by atomic mass is 9.89. The van der Waals surface area contributed by atoms with Crippen molar-refractivity contribution in [3.05, 3.63) is 78.4 Å². The number of nitrogens with one attached hydrogen (secondary N) is 2. The molecule has 1 saturated carbocycles. The van der Waals surface area contributed by atoms with E-state index in [0.29, 0.717) is 44.4 Å². The van der Waals surface area contributed by atoms with Crippen LogP contribution in [0.4, 0.5) is 9.59 Å². The molecule has 2 aliphatic heterocycles. The number of carbonyl (C=O) groups is 2. The molecule has 1 aliphatic carbocycles. The zero-order chi connectivity index (χ0) is 39.4. The van der Waals surface area contributed by atoms with Gasteiger partial charge in [0.25, 0.3) is 0 Å². The third-order valence-corrected chi connectivity index (χ3v) is 13.9. The molecule has 1 spiro atoms. The number of rotatable bonds is 13. The number of alkyl carbamates (subject to hydrolysis) is 2. The number of sulfonamides is 1. The number of ether oxygens (including phenoxy) is 4. The molecule has 298 valence electrons. The summed E-state index contributed by atoms with van der Waals surface area (Å²) in [6, 6.07) is 20.5. The minimum atomic E-state index is -3.80. The summed E-state index contributed by atoms with van der Waals surface area (Å²) in [7, 11) is -7.17. The van der Waals surface area contributed by atoms with E-state index < -0.39 is 55.5 Å². The van der Waals surface area contributed by atoms with E-state index in [2.05, 4.69) is 10.6 Å². The molecule has 14 nitrogen and oxygen atoms in total. The number of piperidine rings is 1. The molecule has 2 saturated heterocycles. The van der Waals surface area contributed by atoms with Gasteiger partial charge in [0.15, 0.2) is 9.84 Å². The van der Waals surface area contributed by atoms with Crippen LogP contribution in [-0.2, 0) is 40.6 Å². The van der Waals surface area contributed by atoms with Crippen LogP contribution in [-0.4, -0.2) is 99.9 Å². The van der Waals surface area contributed by atoms with Crippen LogP contribution in [0.2, 0.25) is 0 Å². The van der Waals surface area contributed by atoms with Crippen molar-refractivity contribution in [3.63, 3.8) is 0 Å². The van der Waals surface area contributed by atoms with Gasteiger partial charge < -0.3 is 34.7 Å². The highest BCUT2D eigenvalue weighted by Crippen LogP contribution is 2.39. The SMILES string of the molecule is CC(C)(C)OC(=O)NCc1ccc(-c2cccc(S(=O)(=O)N3CCC4(CC3)C[C@@H](OC(=O)NCC(O)COc3cccc(S(=O)(=O)C5CC5)c3)CO4)c2)cc1. The first-order chi connectivity index (χ1) is 26.0. The molecule has 16 heteroatoms. The summed E-state index contributed by atoms with van der Waals surface area (Å²) in [5.41, 5.74) is 1.23. The van der Waals surface area contributed by atoms with Gasteiger partial charge in [-0.1, -0.05) is 42.5 Å². The third kappa shape index (κ3) is 10.6. The fourth-order valence-electron chi connectivity index (χ4n) is 6.61. The lowest BCUT2D eigenvalue weighted by Gasteiger charge is -2.37. The van der Waals surface area contributed by atoms with Crippen LogP contribution in [0.1, 0.15) is 58.4 Å². The van der Waals surface area contributed by atoms with Crippen LogP contribution < -0.4 is 15.4 Å². The number of carbonyl (C=O) groups excluding carboxylic acids is 2. The fourth-order valence-corrected chi connectivity index (χ4v) is 9.78. The highest BCUT2D eigenvalue weighted by atomic mass is 32.2. The molecule has 3 aliphatic rings. The number of benzene rings is 3. The second-order valence-electron chi connectivity index (χ2n) is 15.3. The van der Waals surface area contributed by atoms with Gasteiger partial charge in [-0.2, -0.15) is 4.31 Å². The normalized spacial score (nSPS) is 19.4. The maximum atomic E-state index is 13.7. The van der Waals surface area contributed by atoms with Crippen molar-refractivity contribution in [3.8, 4) is 16.9 Å². The fraction of sp³-hybridized carbons (Fsp3) is 0.487. The first kappa shape index (κ1) is 40.4. The number of hydrogen-bond acceptors (Lipinski definition) is 11. The lowest BCUT2D eigenvalue weighted by Crippen LogP contribution is -2.46. The van der Waals surface area contributed by atoms with Gasteiger partial charge in [-0.05, 0) is 93.5 Å². The molecule has 55 heavy (non-hydrogen) atoms. The second kappa shape index (κ2) is 16.5. The Balaban J connectivity index is 0.936. The molecule has 2 heterocycles.